The number of phenolic OH excluding ortho intramolecular Hbond substituents is 1. The molecule has 2 aliphatic rings. The van der Waals surface area contributed by atoms with Gasteiger partial charge < -0.3 is 10.0 Å². The molecule has 1 aliphatic carbocycles. The fraction of sp³-hybridized carbons (Fsp3) is 0.212. The van der Waals surface area contributed by atoms with E-state index in [1.54, 1.807) is 0 Å². The highest BCUT2D eigenvalue weighted by molar-refractivity contribution is 6.12. The van der Waals surface area contributed by atoms with Crippen molar-refractivity contribution in [1.82, 2.24) is 0 Å². The van der Waals surface area contributed by atoms with E-state index in [-0.39, 0.29) is 5.92 Å². The lowest BCUT2D eigenvalue weighted by Gasteiger charge is -2.17. The minimum atomic E-state index is 0.112. The number of hydrogen-bond donors (Lipinski definition) is 1. The SMILES string of the molecule is Cc1ccc(O)c(C2=C(C(=C3C=CC(=[N+](C)C)C=C3)c3ccc(N(C)C)cc3)[n+]3ccccc3C2C)c1. The van der Waals surface area contributed by atoms with E-state index in [0.29, 0.717) is 5.75 Å². The van der Waals surface area contributed by atoms with Crippen LogP contribution in [0, 0.1) is 6.92 Å². The van der Waals surface area contributed by atoms with Gasteiger partial charge in [0.15, 0.2) is 17.6 Å². The first-order chi connectivity index (χ1) is 17.8. The Kier molecular flexibility index (Phi) is 6.43. The maximum absolute atomic E-state index is 11.1. The van der Waals surface area contributed by atoms with Crippen molar-refractivity contribution >= 4 is 28.2 Å². The number of nitrogens with zero attached hydrogens (tertiary/aromatic N) is 3. The van der Waals surface area contributed by atoms with E-state index >= 15 is 0 Å². The molecule has 3 aromatic rings. The van der Waals surface area contributed by atoms with Crippen LogP contribution in [0.3, 0.4) is 0 Å². The molecule has 0 amide bonds. The molecule has 0 bridgehead atoms. The number of aryl methyl sites for hydroxylation is 1. The molecule has 4 heteroatoms. The number of pyridine rings is 1. The summed E-state index contributed by atoms with van der Waals surface area (Å²) in [6.45, 7) is 4.31. The van der Waals surface area contributed by atoms with Crippen molar-refractivity contribution in [3.8, 4) is 5.75 Å². The summed E-state index contributed by atoms with van der Waals surface area (Å²) in [4.78, 5) is 2.12. The standard InChI is InChI=1S/C33H34N3O/c1-22-10-19-30(37)28(21-22)31-23(2)29-9-7-8-20-36(29)33(31)32(24-11-15-26(16-12-24)34(3)4)25-13-17-27(18-14-25)35(5)6/h7-21,23H,1-6H3/q+1/p+1. The Labute approximate surface area is 220 Å². The van der Waals surface area contributed by atoms with Gasteiger partial charge >= 0.3 is 0 Å². The summed E-state index contributed by atoms with van der Waals surface area (Å²) in [5, 5.41) is 11.1. The highest BCUT2D eigenvalue weighted by Gasteiger charge is 2.41. The molecule has 0 saturated carbocycles. The van der Waals surface area contributed by atoms with Gasteiger partial charge in [-0.3, -0.25) is 0 Å². The Morgan fingerprint density at radius 3 is 2.27 bits per heavy atom. The highest BCUT2D eigenvalue weighted by atomic mass is 16.3. The predicted octanol–water partition coefficient (Wildman–Crippen LogP) is 5.83. The molecule has 0 saturated heterocycles. The van der Waals surface area contributed by atoms with Gasteiger partial charge in [-0.05, 0) is 61.4 Å². The predicted molar refractivity (Wildman–Crippen MR) is 154 cm³/mol. The van der Waals surface area contributed by atoms with E-state index in [2.05, 4.69) is 135 Å². The first-order valence-electron chi connectivity index (χ1n) is 12.7. The van der Waals surface area contributed by atoms with Crippen molar-refractivity contribution in [2.75, 3.05) is 33.1 Å². The molecule has 0 spiro atoms. The molecule has 37 heavy (non-hydrogen) atoms. The quantitative estimate of drug-likeness (QED) is 0.467. The fourth-order valence-corrected chi connectivity index (χ4v) is 5.27. The van der Waals surface area contributed by atoms with Gasteiger partial charge in [0.25, 0.3) is 0 Å². The molecule has 5 rings (SSSR count). The van der Waals surface area contributed by atoms with Crippen LogP contribution in [0.4, 0.5) is 5.69 Å². The number of benzene rings is 2. The van der Waals surface area contributed by atoms with Crippen molar-refractivity contribution in [3.05, 3.63) is 119 Å². The van der Waals surface area contributed by atoms with Crippen molar-refractivity contribution in [2.45, 2.75) is 19.8 Å². The number of fused-ring (bicyclic) bond motifs is 1. The Balaban J connectivity index is 1.86. The molecular formula is C33H35N3O+2. The third-order valence-corrected chi connectivity index (χ3v) is 7.29. The first-order valence-corrected chi connectivity index (χ1v) is 12.7. The fourth-order valence-electron chi connectivity index (χ4n) is 5.27. The summed E-state index contributed by atoms with van der Waals surface area (Å²) in [6.07, 6.45) is 10.9. The summed E-state index contributed by atoms with van der Waals surface area (Å²) in [7, 11) is 8.24. The smallest absolute Gasteiger partial charge is 0.224 e. The van der Waals surface area contributed by atoms with Gasteiger partial charge in [0.1, 0.15) is 19.8 Å². The third kappa shape index (κ3) is 4.44. The molecular weight excluding hydrogens is 454 g/mol. The van der Waals surface area contributed by atoms with Crippen LogP contribution in [0.1, 0.15) is 35.2 Å². The van der Waals surface area contributed by atoms with Gasteiger partial charge in [-0.1, -0.05) is 29.8 Å². The van der Waals surface area contributed by atoms with Crippen molar-refractivity contribution < 1.29 is 14.2 Å². The van der Waals surface area contributed by atoms with Gasteiger partial charge in [-0.2, -0.15) is 4.57 Å². The number of aromatic nitrogens is 1. The minimum Gasteiger partial charge on any atom is -0.507 e. The monoisotopic (exact) mass is 489 g/mol. The van der Waals surface area contributed by atoms with Gasteiger partial charge in [-0.25, -0.2) is 4.58 Å². The van der Waals surface area contributed by atoms with Gasteiger partial charge in [0.05, 0.1) is 11.5 Å². The summed E-state index contributed by atoms with van der Waals surface area (Å²) in [5.41, 5.74) is 11.2. The zero-order valence-corrected chi connectivity index (χ0v) is 22.5. The summed E-state index contributed by atoms with van der Waals surface area (Å²) >= 11 is 0. The molecule has 4 nitrogen and oxygen atoms in total. The lowest BCUT2D eigenvalue weighted by molar-refractivity contribution is -0.581. The number of allylic oxidation sites excluding steroid dienone is 8. The van der Waals surface area contributed by atoms with Crippen LogP contribution >= 0.6 is 0 Å². The van der Waals surface area contributed by atoms with Crippen LogP contribution in [0.25, 0.3) is 16.8 Å². The number of phenols is 1. The molecule has 1 atom stereocenters. The highest BCUT2D eigenvalue weighted by Crippen LogP contribution is 2.47. The van der Waals surface area contributed by atoms with Crippen LogP contribution in [0.5, 0.6) is 5.75 Å². The van der Waals surface area contributed by atoms with E-state index in [1.807, 2.05) is 12.1 Å². The van der Waals surface area contributed by atoms with Gasteiger partial charge in [0, 0.05) is 55.2 Å². The van der Waals surface area contributed by atoms with Crippen LogP contribution in [0.15, 0.2) is 96.7 Å². The van der Waals surface area contributed by atoms with Crippen molar-refractivity contribution in [1.29, 1.82) is 0 Å². The average molecular weight is 490 g/mol. The Hall–Kier alpha value is -4.18. The molecule has 1 aliphatic heterocycles. The van der Waals surface area contributed by atoms with E-state index in [4.69, 9.17) is 0 Å². The van der Waals surface area contributed by atoms with Crippen molar-refractivity contribution in [2.24, 2.45) is 0 Å². The summed E-state index contributed by atoms with van der Waals surface area (Å²) in [5.74, 6) is 0.421. The Bertz CT molecular complexity index is 1510. The lowest BCUT2D eigenvalue weighted by atomic mass is 9.86. The summed E-state index contributed by atoms with van der Waals surface area (Å²) < 4.78 is 4.42. The average Bonchev–Trinajstić information content (AvgIpc) is 3.18. The summed E-state index contributed by atoms with van der Waals surface area (Å²) in [6, 6.07) is 21.0. The second-order valence-electron chi connectivity index (χ2n) is 10.3. The van der Waals surface area contributed by atoms with Gasteiger partial charge in [-0.15, -0.1) is 0 Å². The second-order valence-corrected chi connectivity index (χ2v) is 10.3. The molecule has 0 radical (unpaired) electrons. The number of rotatable bonds is 4. The molecule has 2 heterocycles. The van der Waals surface area contributed by atoms with E-state index < -0.39 is 0 Å². The molecule has 1 N–H and O–H groups in total. The normalized spacial score (nSPS) is 16.3. The second kappa shape index (κ2) is 9.70. The topological polar surface area (TPSA) is 30.4 Å². The molecule has 0 fully saturated rings. The number of aromatic hydroxyl groups is 1. The zero-order valence-electron chi connectivity index (χ0n) is 22.5. The molecule has 186 valence electrons. The molecule has 1 unspecified atom stereocenters. The van der Waals surface area contributed by atoms with Crippen LogP contribution in [-0.2, 0) is 0 Å². The largest absolute Gasteiger partial charge is 0.507 e. The zero-order chi connectivity index (χ0) is 26.3. The van der Waals surface area contributed by atoms with E-state index in [1.165, 1.54) is 5.69 Å². The lowest BCUT2D eigenvalue weighted by Crippen LogP contribution is -2.34. The Morgan fingerprint density at radius 1 is 0.919 bits per heavy atom. The van der Waals surface area contributed by atoms with Crippen LogP contribution in [0.2, 0.25) is 0 Å². The van der Waals surface area contributed by atoms with Crippen LogP contribution in [-0.4, -0.2) is 43.6 Å². The third-order valence-electron chi connectivity index (χ3n) is 7.29. The molecule has 2 aromatic carbocycles. The van der Waals surface area contributed by atoms with Crippen LogP contribution < -0.4 is 9.47 Å². The van der Waals surface area contributed by atoms with E-state index in [0.717, 1.165) is 50.5 Å². The Morgan fingerprint density at radius 2 is 1.62 bits per heavy atom. The van der Waals surface area contributed by atoms with Gasteiger partial charge in [0.2, 0.25) is 5.70 Å². The number of hydrogen-bond acceptors (Lipinski definition) is 2. The molecule has 1 aromatic heterocycles. The van der Waals surface area contributed by atoms with Crippen molar-refractivity contribution in [3.63, 3.8) is 0 Å². The maximum Gasteiger partial charge on any atom is 0.224 e. The minimum absolute atomic E-state index is 0.112. The first kappa shape index (κ1) is 24.5. The van der Waals surface area contributed by atoms with E-state index in [9.17, 15) is 5.11 Å². The maximum atomic E-state index is 11.1. The number of anilines is 1.